The standard InChI is InChI=1S/C21H16F2N2O5/c1-12-10-18(25-21(24-12)30-19-15(22)7-5-8-16(19)23)29-17-9-4-3-6-13(17)14(11-28-2)20(26)27/h3-11H,1-2H3,(H,26,27)/b14-11+. The van der Waals surface area contributed by atoms with Crippen molar-refractivity contribution < 1.29 is 32.9 Å². The summed E-state index contributed by atoms with van der Waals surface area (Å²) in [6.07, 6.45) is 1.07. The number of para-hydroxylation sites is 2. The quantitative estimate of drug-likeness (QED) is 0.442. The Morgan fingerprint density at radius 1 is 1.03 bits per heavy atom. The van der Waals surface area contributed by atoms with Gasteiger partial charge in [0.25, 0.3) is 0 Å². The van der Waals surface area contributed by atoms with Gasteiger partial charge in [0.15, 0.2) is 11.6 Å². The second kappa shape index (κ2) is 8.99. The zero-order valence-electron chi connectivity index (χ0n) is 15.9. The number of carbonyl (C=O) groups is 1. The largest absolute Gasteiger partial charge is 0.503 e. The summed E-state index contributed by atoms with van der Waals surface area (Å²) < 4.78 is 43.4. The number of aromatic nitrogens is 2. The van der Waals surface area contributed by atoms with Gasteiger partial charge in [0, 0.05) is 17.3 Å². The normalized spacial score (nSPS) is 11.1. The van der Waals surface area contributed by atoms with Crippen LogP contribution in [-0.4, -0.2) is 28.2 Å². The maximum absolute atomic E-state index is 13.8. The summed E-state index contributed by atoms with van der Waals surface area (Å²) in [7, 11) is 1.33. The second-order valence-corrected chi connectivity index (χ2v) is 5.95. The summed E-state index contributed by atoms with van der Waals surface area (Å²) >= 11 is 0. The molecule has 1 aromatic heterocycles. The van der Waals surface area contributed by atoms with E-state index in [4.69, 9.17) is 14.2 Å². The molecule has 0 aliphatic heterocycles. The van der Waals surface area contributed by atoms with E-state index in [2.05, 4.69) is 9.97 Å². The smallest absolute Gasteiger partial charge is 0.339 e. The summed E-state index contributed by atoms with van der Waals surface area (Å²) in [6, 6.07) is 10.8. The number of nitrogens with zero attached hydrogens (tertiary/aromatic N) is 2. The molecule has 3 aromatic rings. The van der Waals surface area contributed by atoms with Crippen molar-refractivity contribution in [2.24, 2.45) is 0 Å². The molecular formula is C21H16F2N2O5. The number of methoxy groups -OCH3 is 1. The van der Waals surface area contributed by atoms with Crippen LogP contribution in [0.2, 0.25) is 0 Å². The molecule has 0 spiro atoms. The molecule has 1 heterocycles. The van der Waals surface area contributed by atoms with Crippen molar-refractivity contribution in [3.63, 3.8) is 0 Å². The first-order chi connectivity index (χ1) is 14.4. The topological polar surface area (TPSA) is 90.8 Å². The molecule has 0 aliphatic carbocycles. The van der Waals surface area contributed by atoms with E-state index in [9.17, 15) is 18.7 Å². The van der Waals surface area contributed by atoms with Gasteiger partial charge in [-0.05, 0) is 25.1 Å². The Labute approximate surface area is 170 Å². The Kier molecular flexibility index (Phi) is 6.21. The molecule has 7 nitrogen and oxygen atoms in total. The Balaban J connectivity index is 1.96. The van der Waals surface area contributed by atoms with Gasteiger partial charge < -0.3 is 19.3 Å². The molecule has 2 aromatic carbocycles. The molecule has 0 radical (unpaired) electrons. The summed E-state index contributed by atoms with van der Waals surface area (Å²) in [5.41, 5.74) is 0.504. The van der Waals surface area contributed by atoms with Gasteiger partial charge in [0.1, 0.15) is 11.3 Å². The number of benzene rings is 2. The van der Waals surface area contributed by atoms with Gasteiger partial charge in [-0.15, -0.1) is 0 Å². The third kappa shape index (κ3) is 4.69. The second-order valence-electron chi connectivity index (χ2n) is 5.95. The number of aryl methyl sites for hydroxylation is 1. The molecule has 3 rings (SSSR count). The van der Waals surface area contributed by atoms with Crippen molar-refractivity contribution in [2.45, 2.75) is 6.92 Å². The predicted molar refractivity (Wildman–Crippen MR) is 102 cm³/mol. The van der Waals surface area contributed by atoms with E-state index >= 15 is 0 Å². The molecule has 30 heavy (non-hydrogen) atoms. The average Bonchev–Trinajstić information content (AvgIpc) is 2.69. The van der Waals surface area contributed by atoms with Crippen molar-refractivity contribution in [2.75, 3.05) is 7.11 Å². The molecule has 0 fully saturated rings. The van der Waals surface area contributed by atoms with E-state index in [0.717, 1.165) is 18.4 Å². The van der Waals surface area contributed by atoms with Crippen molar-refractivity contribution in [1.82, 2.24) is 9.97 Å². The molecule has 0 saturated heterocycles. The third-order valence-electron chi connectivity index (χ3n) is 3.78. The summed E-state index contributed by atoms with van der Waals surface area (Å²) in [4.78, 5) is 19.6. The molecule has 0 saturated carbocycles. The van der Waals surface area contributed by atoms with Gasteiger partial charge in [-0.3, -0.25) is 0 Å². The van der Waals surface area contributed by atoms with Crippen LogP contribution in [0.4, 0.5) is 8.78 Å². The fourth-order valence-corrected chi connectivity index (χ4v) is 2.52. The number of hydrogen-bond acceptors (Lipinski definition) is 6. The Morgan fingerprint density at radius 3 is 2.40 bits per heavy atom. The number of carboxylic acids is 1. The van der Waals surface area contributed by atoms with Crippen LogP contribution in [0.5, 0.6) is 23.4 Å². The number of rotatable bonds is 7. The highest BCUT2D eigenvalue weighted by molar-refractivity contribution is 6.15. The molecule has 9 heteroatoms. The highest BCUT2D eigenvalue weighted by atomic mass is 19.1. The molecule has 154 valence electrons. The van der Waals surface area contributed by atoms with Gasteiger partial charge in [-0.1, -0.05) is 24.3 Å². The van der Waals surface area contributed by atoms with E-state index in [1.165, 1.54) is 31.4 Å². The van der Waals surface area contributed by atoms with E-state index in [0.29, 0.717) is 5.69 Å². The van der Waals surface area contributed by atoms with Crippen molar-refractivity contribution >= 4 is 11.5 Å². The maximum atomic E-state index is 13.8. The van der Waals surface area contributed by atoms with Crippen LogP contribution in [0.15, 0.2) is 54.8 Å². The molecule has 0 unspecified atom stereocenters. The Bertz CT molecular complexity index is 1100. The summed E-state index contributed by atoms with van der Waals surface area (Å²) in [5, 5.41) is 9.43. The van der Waals surface area contributed by atoms with Gasteiger partial charge in [-0.25, -0.2) is 13.6 Å². The van der Waals surface area contributed by atoms with E-state index in [-0.39, 0.29) is 28.8 Å². The lowest BCUT2D eigenvalue weighted by molar-refractivity contribution is -0.130. The zero-order chi connectivity index (χ0) is 21.7. The van der Waals surface area contributed by atoms with Crippen LogP contribution in [0.3, 0.4) is 0 Å². The van der Waals surface area contributed by atoms with E-state index < -0.39 is 23.4 Å². The molecule has 0 aliphatic rings. The first kappa shape index (κ1) is 20.7. The predicted octanol–water partition coefficient (Wildman–Crippen LogP) is 4.72. The van der Waals surface area contributed by atoms with E-state index in [1.54, 1.807) is 19.1 Å². The summed E-state index contributed by atoms with van der Waals surface area (Å²) in [5.74, 6) is -3.53. The average molecular weight is 414 g/mol. The maximum Gasteiger partial charge on any atom is 0.339 e. The Hall–Kier alpha value is -4.01. The van der Waals surface area contributed by atoms with Crippen LogP contribution in [0.1, 0.15) is 11.3 Å². The summed E-state index contributed by atoms with van der Waals surface area (Å²) in [6.45, 7) is 1.61. The lowest BCUT2D eigenvalue weighted by Crippen LogP contribution is -2.03. The monoisotopic (exact) mass is 414 g/mol. The number of ether oxygens (including phenoxy) is 3. The van der Waals surface area contributed by atoms with Crippen LogP contribution in [0, 0.1) is 18.6 Å². The van der Waals surface area contributed by atoms with Gasteiger partial charge in [-0.2, -0.15) is 9.97 Å². The third-order valence-corrected chi connectivity index (χ3v) is 3.78. The van der Waals surface area contributed by atoms with Gasteiger partial charge >= 0.3 is 12.0 Å². The molecule has 0 atom stereocenters. The van der Waals surface area contributed by atoms with Crippen LogP contribution in [0.25, 0.3) is 5.57 Å². The SMILES string of the molecule is CO/C=C(/C(=O)O)c1ccccc1Oc1cc(C)nc(Oc2c(F)cccc2F)n1. The number of halogens is 2. The van der Waals surface area contributed by atoms with Crippen molar-refractivity contribution in [3.05, 3.63) is 77.7 Å². The highest BCUT2D eigenvalue weighted by Gasteiger charge is 2.18. The Morgan fingerprint density at radius 2 is 1.73 bits per heavy atom. The van der Waals surface area contributed by atoms with Gasteiger partial charge in [0.2, 0.25) is 11.6 Å². The first-order valence-corrected chi connectivity index (χ1v) is 8.60. The van der Waals surface area contributed by atoms with Crippen LogP contribution >= 0.6 is 0 Å². The van der Waals surface area contributed by atoms with Crippen molar-refractivity contribution in [1.29, 1.82) is 0 Å². The minimum atomic E-state index is -1.22. The number of aliphatic carboxylic acids is 1. The van der Waals surface area contributed by atoms with Gasteiger partial charge in [0.05, 0.1) is 13.4 Å². The first-order valence-electron chi connectivity index (χ1n) is 8.60. The molecule has 0 amide bonds. The minimum absolute atomic E-state index is 0.0103. The van der Waals surface area contributed by atoms with Crippen LogP contribution in [-0.2, 0) is 9.53 Å². The lowest BCUT2D eigenvalue weighted by atomic mass is 10.1. The number of carboxylic acid groups (broad SMARTS) is 1. The van der Waals surface area contributed by atoms with E-state index in [1.807, 2.05) is 0 Å². The van der Waals surface area contributed by atoms with Crippen LogP contribution < -0.4 is 9.47 Å². The fourth-order valence-electron chi connectivity index (χ4n) is 2.52. The highest BCUT2D eigenvalue weighted by Crippen LogP contribution is 2.32. The fraction of sp³-hybridized carbons (Fsp3) is 0.0952. The lowest BCUT2D eigenvalue weighted by Gasteiger charge is -2.12. The molecule has 1 N–H and O–H groups in total. The van der Waals surface area contributed by atoms with Crippen molar-refractivity contribution in [3.8, 4) is 23.4 Å². The minimum Gasteiger partial charge on any atom is -0.503 e. The number of hydrogen-bond donors (Lipinski definition) is 1. The molecule has 0 bridgehead atoms. The zero-order valence-corrected chi connectivity index (χ0v) is 15.9. The molecular weight excluding hydrogens is 398 g/mol.